The number of hydrogen-bond donors (Lipinski definition) is 1. The van der Waals surface area contributed by atoms with Gasteiger partial charge in [-0.1, -0.05) is 44.2 Å². The molecule has 1 amide bonds. The molecule has 0 spiro atoms. The van der Waals surface area contributed by atoms with Crippen molar-refractivity contribution in [2.75, 3.05) is 50.8 Å². The van der Waals surface area contributed by atoms with Gasteiger partial charge in [0.1, 0.15) is 6.61 Å². The summed E-state index contributed by atoms with van der Waals surface area (Å²) < 4.78 is 5.47. The molecular formula is C28H39N3O3. The largest absolute Gasteiger partial charge is 0.461 e. The maximum absolute atomic E-state index is 13.2. The zero-order valence-corrected chi connectivity index (χ0v) is 20.9. The van der Waals surface area contributed by atoms with Crippen molar-refractivity contribution in [2.45, 2.75) is 46.0 Å². The maximum atomic E-state index is 13.2. The lowest BCUT2D eigenvalue weighted by Gasteiger charge is -2.32. The van der Waals surface area contributed by atoms with Crippen LogP contribution in [0.15, 0.2) is 48.5 Å². The number of nitrogens with one attached hydrogen (secondary N) is 1. The molecule has 0 radical (unpaired) electrons. The normalized spacial score (nSPS) is 14.6. The number of benzene rings is 2. The molecular weight excluding hydrogens is 426 g/mol. The number of carbonyl (C=O) groups is 2. The van der Waals surface area contributed by atoms with Gasteiger partial charge >= 0.3 is 5.97 Å². The molecule has 3 rings (SSSR count). The lowest BCUT2D eigenvalue weighted by molar-refractivity contribution is -0.121. The highest BCUT2D eigenvalue weighted by atomic mass is 16.5. The van der Waals surface area contributed by atoms with E-state index in [1.165, 1.54) is 19.3 Å². The lowest BCUT2D eigenvalue weighted by atomic mass is 9.88. The summed E-state index contributed by atoms with van der Waals surface area (Å²) in [5.74, 6) is -0.797. The molecule has 1 unspecified atom stereocenters. The Balaban J connectivity index is 1.81. The molecule has 1 fully saturated rings. The van der Waals surface area contributed by atoms with Crippen LogP contribution in [0.2, 0.25) is 0 Å². The van der Waals surface area contributed by atoms with Gasteiger partial charge in [-0.15, -0.1) is 0 Å². The van der Waals surface area contributed by atoms with Crippen LogP contribution in [0.25, 0.3) is 0 Å². The molecule has 2 aromatic carbocycles. The van der Waals surface area contributed by atoms with Crippen LogP contribution in [0.1, 0.15) is 67.4 Å². The predicted molar refractivity (Wildman–Crippen MR) is 138 cm³/mol. The summed E-state index contributed by atoms with van der Waals surface area (Å²) in [4.78, 5) is 30.4. The number of rotatable bonds is 11. The van der Waals surface area contributed by atoms with Gasteiger partial charge in [-0.05, 0) is 68.6 Å². The number of ether oxygens (including phenoxy) is 1. The number of anilines is 1. The zero-order chi connectivity index (χ0) is 24.3. The predicted octanol–water partition coefficient (Wildman–Crippen LogP) is 4.44. The molecule has 6 nitrogen and oxygen atoms in total. The van der Waals surface area contributed by atoms with Gasteiger partial charge < -0.3 is 19.9 Å². The second-order valence-electron chi connectivity index (χ2n) is 8.72. The van der Waals surface area contributed by atoms with Crippen LogP contribution < -0.4 is 10.2 Å². The third-order valence-electron chi connectivity index (χ3n) is 6.57. The summed E-state index contributed by atoms with van der Waals surface area (Å²) >= 11 is 0. The van der Waals surface area contributed by atoms with Gasteiger partial charge in [0, 0.05) is 31.9 Å². The summed E-state index contributed by atoms with van der Waals surface area (Å²) in [6, 6.07) is 15.5. The molecule has 6 heteroatoms. The van der Waals surface area contributed by atoms with Crippen molar-refractivity contribution in [3.63, 3.8) is 0 Å². The third-order valence-corrected chi connectivity index (χ3v) is 6.57. The van der Waals surface area contributed by atoms with E-state index in [4.69, 9.17) is 4.74 Å². The SMILES string of the molecule is CCNC(=O)C(c1ccc(C(=O)OCCN(CC)CC)cc1)c1ccccc1N1CCCCC1. The van der Waals surface area contributed by atoms with Gasteiger partial charge in [-0.3, -0.25) is 4.79 Å². The monoisotopic (exact) mass is 465 g/mol. The highest BCUT2D eigenvalue weighted by Gasteiger charge is 2.27. The van der Waals surface area contributed by atoms with Crippen LogP contribution in [-0.4, -0.2) is 62.7 Å². The summed E-state index contributed by atoms with van der Waals surface area (Å²) in [5.41, 5.74) is 3.50. The number of esters is 1. The van der Waals surface area contributed by atoms with E-state index in [2.05, 4.69) is 41.1 Å². The van der Waals surface area contributed by atoms with Crippen molar-refractivity contribution in [2.24, 2.45) is 0 Å². The Kier molecular flexibility index (Phi) is 9.95. The van der Waals surface area contributed by atoms with E-state index in [-0.39, 0.29) is 11.9 Å². The fraction of sp³-hybridized carbons (Fsp3) is 0.500. The zero-order valence-electron chi connectivity index (χ0n) is 20.9. The second-order valence-corrected chi connectivity index (χ2v) is 8.72. The van der Waals surface area contributed by atoms with Crippen molar-refractivity contribution in [3.8, 4) is 0 Å². The van der Waals surface area contributed by atoms with E-state index in [0.29, 0.717) is 18.7 Å². The summed E-state index contributed by atoms with van der Waals surface area (Å²) in [7, 11) is 0. The average Bonchev–Trinajstić information content (AvgIpc) is 2.88. The first-order valence-corrected chi connectivity index (χ1v) is 12.7. The first-order chi connectivity index (χ1) is 16.6. The first-order valence-electron chi connectivity index (χ1n) is 12.7. The number of nitrogens with zero attached hydrogens (tertiary/aromatic N) is 2. The van der Waals surface area contributed by atoms with E-state index in [1.807, 2.05) is 31.2 Å². The smallest absolute Gasteiger partial charge is 0.338 e. The number of carbonyl (C=O) groups excluding carboxylic acids is 2. The molecule has 34 heavy (non-hydrogen) atoms. The third kappa shape index (κ3) is 6.60. The molecule has 1 atom stereocenters. The molecule has 0 bridgehead atoms. The minimum absolute atomic E-state index is 0.0264. The van der Waals surface area contributed by atoms with Crippen molar-refractivity contribution in [3.05, 3.63) is 65.2 Å². The first kappa shape index (κ1) is 25.8. The molecule has 184 valence electrons. The topological polar surface area (TPSA) is 61.9 Å². The molecule has 0 saturated carbocycles. The van der Waals surface area contributed by atoms with E-state index in [1.54, 1.807) is 12.1 Å². The van der Waals surface area contributed by atoms with Gasteiger partial charge in [0.25, 0.3) is 0 Å². The van der Waals surface area contributed by atoms with Crippen LogP contribution in [0.3, 0.4) is 0 Å². The minimum atomic E-state index is -0.439. The number of likely N-dealkylation sites (N-methyl/N-ethyl adjacent to an activating group) is 2. The molecule has 1 N–H and O–H groups in total. The van der Waals surface area contributed by atoms with Gasteiger partial charge in [-0.25, -0.2) is 4.79 Å². The Hall–Kier alpha value is -2.86. The Morgan fingerprint density at radius 1 is 0.971 bits per heavy atom. The van der Waals surface area contributed by atoms with E-state index >= 15 is 0 Å². The standard InChI is InChI=1S/C28H39N3O3/c1-4-29-27(32)26(24-12-8-9-13-25(24)31-18-10-7-11-19-31)22-14-16-23(17-15-22)28(33)34-21-20-30(5-2)6-3/h8-9,12-17,26H,4-7,10-11,18-21H2,1-3H3,(H,29,32). The van der Waals surface area contributed by atoms with Crippen LogP contribution >= 0.6 is 0 Å². The Labute approximate surface area is 204 Å². The van der Waals surface area contributed by atoms with Crippen LogP contribution in [-0.2, 0) is 9.53 Å². The number of piperidine rings is 1. The Morgan fingerprint density at radius 3 is 2.29 bits per heavy atom. The van der Waals surface area contributed by atoms with Crippen molar-refractivity contribution in [1.82, 2.24) is 10.2 Å². The van der Waals surface area contributed by atoms with E-state index < -0.39 is 5.92 Å². The van der Waals surface area contributed by atoms with Crippen molar-refractivity contribution in [1.29, 1.82) is 0 Å². The van der Waals surface area contributed by atoms with Crippen molar-refractivity contribution >= 4 is 17.6 Å². The van der Waals surface area contributed by atoms with E-state index in [9.17, 15) is 9.59 Å². The summed E-state index contributed by atoms with van der Waals surface area (Å²) in [5, 5.41) is 3.01. The Morgan fingerprint density at radius 2 is 1.65 bits per heavy atom. The highest BCUT2D eigenvalue weighted by Crippen LogP contribution is 2.34. The molecule has 0 aliphatic carbocycles. The quantitative estimate of drug-likeness (QED) is 0.497. The Bertz CT molecular complexity index is 919. The fourth-order valence-corrected chi connectivity index (χ4v) is 4.61. The molecule has 1 aliphatic heterocycles. The fourth-order valence-electron chi connectivity index (χ4n) is 4.61. The summed E-state index contributed by atoms with van der Waals surface area (Å²) in [6.45, 7) is 11.7. The van der Waals surface area contributed by atoms with Crippen LogP contribution in [0.4, 0.5) is 5.69 Å². The van der Waals surface area contributed by atoms with Crippen molar-refractivity contribution < 1.29 is 14.3 Å². The lowest BCUT2D eigenvalue weighted by Crippen LogP contribution is -2.34. The number of para-hydroxylation sites is 1. The molecule has 2 aromatic rings. The molecule has 1 saturated heterocycles. The van der Waals surface area contributed by atoms with Gasteiger partial charge in [-0.2, -0.15) is 0 Å². The van der Waals surface area contributed by atoms with Gasteiger partial charge in [0.05, 0.1) is 11.5 Å². The number of hydrogen-bond acceptors (Lipinski definition) is 5. The van der Waals surface area contributed by atoms with Crippen LogP contribution in [0.5, 0.6) is 0 Å². The molecule has 1 heterocycles. The van der Waals surface area contributed by atoms with Crippen LogP contribution in [0, 0.1) is 0 Å². The second kappa shape index (κ2) is 13.1. The van der Waals surface area contributed by atoms with Gasteiger partial charge in [0.15, 0.2) is 0 Å². The highest BCUT2D eigenvalue weighted by molar-refractivity contribution is 5.91. The maximum Gasteiger partial charge on any atom is 0.338 e. The summed E-state index contributed by atoms with van der Waals surface area (Å²) in [6.07, 6.45) is 3.60. The number of amides is 1. The average molecular weight is 466 g/mol. The molecule has 1 aliphatic rings. The molecule has 0 aromatic heterocycles. The minimum Gasteiger partial charge on any atom is -0.461 e. The van der Waals surface area contributed by atoms with E-state index in [0.717, 1.165) is 49.5 Å². The van der Waals surface area contributed by atoms with Gasteiger partial charge in [0.2, 0.25) is 5.91 Å².